The van der Waals surface area contributed by atoms with Crippen molar-refractivity contribution < 1.29 is 4.74 Å². The molecule has 0 atom stereocenters. The first-order chi connectivity index (χ1) is 10.2. The maximum absolute atomic E-state index is 4.99. The number of ether oxygens (including phenoxy) is 1. The van der Waals surface area contributed by atoms with Crippen molar-refractivity contribution in [1.82, 2.24) is 15.3 Å². The largest absolute Gasteiger partial charge is 0.383 e. The molecule has 0 saturated carbocycles. The molecule has 4 nitrogen and oxygen atoms in total. The van der Waals surface area contributed by atoms with Gasteiger partial charge in [-0.25, -0.2) is 9.97 Å². The SMILES string of the molecule is COCCNCc1cnc(Sc2ccc(C)cc2C)nc1. The zero-order valence-corrected chi connectivity index (χ0v) is 13.5. The number of rotatable bonds is 7. The van der Waals surface area contributed by atoms with E-state index in [0.717, 1.165) is 23.8 Å². The Kier molecular flexibility index (Phi) is 6.17. The second kappa shape index (κ2) is 8.12. The molecule has 1 aromatic carbocycles. The smallest absolute Gasteiger partial charge is 0.192 e. The van der Waals surface area contributed by atoms with Gasteiger partial charge in [0.05, 0.1) is 6.61 Å². The lowest BCUT2D eigenvalue weighted by Crippen LogP contribution is -2.18. The molecule has 2 aromatic rings. The van der Waals surface area contributed by atoms with Crippen molar-refractivity contribution in [3.63, 3.8) is 0 Å². The van der Waals surface area contributed by atoms with Crippen molar-refractivity contribution in [3.8, 4) is 0 Å². The van der Waals surface area contributed by atoms with Gasteiger partial charge in [0, 0.05) is 43.1 Å². The van der Waals surface area contributed by atoms with E-state index in [1.165, 1.54) is 16.0 Å². The predicted molar refractivity (Wildman–Crippen MR) is 85.7 cm³/mol. The fourth-order valence-electron chi connectivity index (χ4n) is 1.91. The van der Waals surface area contributed by atoms with Crippen LogP contribution in [0, 0.1) is 13.8 Å². The summed E-state index contributed by atoms with van der Waals surface area (Å²) < 4.78 is 4.99. The summed E-state index contributed by atoms with van der Waals surface area (Å²) in [6.07, 6.45) is 3.75. The van der Waals surface area contributed by atoms with Gasteiger partial charge in [0.2, 0.25) is 0 Å². The van der Waals surface area contributed by atoms with Gasteiger partial charge in [0.1, 0.15) is 0 Å². The number of hydrogen-bond donors (Lipinski definition) is 1. The Morgan fingerprint density at radius 1 is 1.19 bits per heavy atom. The zero-order valence-electron chi connectivity index (χ0n) is 12.7. The topological polar surface area (TPSA) is 47.0 Å². The highest BCUT2D eigenvalue weighted by Gasteiger charge is 2.04. The lowest BCUT2D eigenvalue weighted by Gasteiger charge is -2.06. The lowest BCUT2D eigenvalue weighted by molar-refractivity contribution is 0.199. The first-order valence-corrected chi connectivity index (χ1v) is 7.76. The second-order valence-corrected chi connectivity index (χ2v) is 5.92. The van der Waals surface area contributed by atoms with Crippen LogP contribution in [0.15, 0.2) is 40.6 Å². The van der Waals surface area contributed by atoms with Gasteiger partial charge in [0.25, 0.3) is 0 Å². The van der Waals surface area contributed by atoms with Crippen molar-refractivity contribution >= 4 is 11.8 Å². The molecule has 0 aliphatic carbocycles. The monoisotopic (exact) mass is 303 g/mol. The van der Waals surface area contributed by atoms with E-state index in [1.54, 1.807) is 18.9 Å². The van der Waals surface area contributed by atoms with Gasteiger partial charge in [-0.2, -0.15) is 0 Å². The molecule has 0 bridgehead atoms. The molecule has 0 aliphatic heterocycles. The summed E-state index contributed by atoms with van der Waals surface area (Å²) in [4.78, 5) is 10.0. The van der Waals surface area contributed by atoms with E-state index in [9.17, 15) is 0 Å². The molecule has 21 heavy (non-hydrogen) atoms. The summed E-state index contributed by atoms with van der Waals surface area (Å²) in [5.74, 6) is 0. The Morgan fingerprint density at radius 3 is 2.62 bits per heavy atom. The number of nitrogens with one attached hydrogen (secondary N) is 1. The molecule has 5 heteroatoms. The average molecular weight is 303 g/mol. The molecule has 0 fully saturated rings. The van der Waals surface area contributed by atoms with Gasteiger partial charge >= 0.3 is 0 Å². The molecule has 0 saturated heterocycles. The Morgan fingerprint density at radius 2 is 1.95 bits per heavy atom. The van der Waals surface area contributed by atoms with Gasteiger partial charge in [0.15, 0.2) is 5.16 Å². The van der Waals surface area contributed by atoms with Crippen LogP contribution in [0.1, 0.15) is 16.7 Å². The van der Waals surface area contributed by atoms with E-state index >= 15 is 0 Å². The molecule has 0 spiro atoms. The molecular formula is C16H21N3OS. The molecule has 1 N–H and O–H groups in total. The maximum atomic E-state index is 4.99. The van der Waals surface area contributed by atoms with Crippen LogP contribution in [0.3, 0.4) is 0 Å². The summed E-state index contributed by atoms with van der Waals surface area (Å²) in [6.45, 7) is 6.52. The molecular weight excluding hydrogens is 282 g/mol. The van der Waals surface area contributed by atoms with Crippen molar-refractivity contribution in [2.75, 3.05) is 20.3 Å². The maximum Gasteiger partial charge on any atom is 0.192 e. The number of benzene rings is 1. The van der Waals surface area contributed by atoms with Crippen molar-refractivity contribution in [1.29, 1.82) is 0 Å². The van der Waals surface area contributed by atoms with Crippen LogP contribution in [0.4, 0.5) is 0 Å². The highest BCUT2D eigenvalue weighted by Crippen LogP contribution is 2.27. The Hall–Kier alpha value is -1.43. The molecule has 1 aromatic heterocycles. The first-order valence-electron chi connectivity index (χ1n) is 6.94. The summed E-state index contributed by atoms with van der Waals surface area (Å²) in [6, 6.07) is 6.42. The van der Waals surface area contributed by atoms with Crippen LogP contribution in [-0.2, 0) is 11.3 Å². The van der Waals surface area contributed by atoms with E-state index in [1.807, 2.05) is 12.4 Å². The summed E-state index contributed by atoms with van der Waals surface area (Å²) in [5, 5.41) is 4.06. The zero-order chi connectivity index (χ0) is 15.1. The van der Waals surface area contributed by atoms with Crippen molar-refractivity contribution in [3.05, 3.63) is 47.3 Å². The van der Waals surface area contributed by atoms with Gasteiger partial charge in [-0.1, -0.05) is 17.7 Å². The number of nitrogens with zero attached hydrogens (tertiary/aromatic N) is 2. The van der Waals surface area contributed by atoms with Crippen LogP contribution in [-0.4, -0.2) is 30.2 Å². The van der Waals surface area contributed by atoms with Crippen molar-refractivity contribution in [2.24, 2.45) is 0 Å². The van der Waals surface area contributed by atoms with E-state index in [0.29, 0.717) is 6.61 Å². The van der Waals surface area contributed by atoms with Crippen LogP contribution < -0.4 is 5.32 Å². The number of aromatic nitrogens is 2. The molecule has 2 rings (SSSR count). The fraction of sp³-hybridized carbons (Fsp3) is 0.375. The minimum absolute atomic E-state index is 0.710. The summed E-state index contributed by atoms with van der Waals surface area (Å²) >= 11 is 1.60. The Balaban J connectivity index is 1.92. The first kappa shape index (κ1) is 15.9. The van der Waals surface area contributed by atoms with Crippen LogP contribution in [0.25, 0.3) is 0 Å². The summed E-state index contributed by atoms with van der Waals surface area (Å²) in [5.41, 5.74) is 3.61. The molecule has 0 radical (unpaired) electrons. The quantitative estimate of drug-likeness (QED) is 0.629. The average Bonchev–Trinajstić information content (AvgIpc) is 2.48. The van der Waals surface area contributed by atoms with E-state index in [4.69, 9.17) is 4.74 Å². The van der Waals surface area contributed by atoms with Crippen LogP contribution in [0.2, 0.25) is 0 Å². The minimum atomic E-state index is 0.710. The van der Waals surface area contributed by atoms with Gasteiger partial charge in [-0.15, -0.1) is 0 Å². The van der Waals surface area contributed by atoms with Gasteiger partial charge < -0.3 is 10.1 Å². The molecule has 0 unspecified atom stereocenters. The molecule has 112 valence electrons. The van der Waals surface area contributed by atoms with Crippen LogP contribution in [0.5, 0.6) is 0 Å². The Labute approximate surface area is 130 Å². The minimum Gasteiger partial charge on any atom is -0.383 e. The lowest BCUT2D eigenvalue weighted by atomic mass is 10.2. The fourth-order valence-corrected chi connectivity index (χ4v) is 2.67. The second-order valence-electron chi connectivity index (χ2n) is 4.91. The number of aryl methyl sites for hydroxylation is 2. The predicted octanol–water partition coefficient (Wildman–Crippen LogP) is 2.98. The third kappa shape index (κ3) is 5.12. The van der Waals surface area contributed by atoms with E-state index in [-0.39, 0.29) is 0 Å². The standard InChI is InChI=1S/C16H21N3OS/c1-12-4-5-15(13(2)8-12)21-16-18-10-14(11-19-16)9-17-6-7-20-3/h4-5,8,10-11,17H,6-7,9H2,1-3H3. The Bertz CT molecular complexity index is 572. The summed E-state index contributed by atoms with van der Waals surface area (Å²) in [7, 11) is 1.70. The third-order valence-electron chi connectivity index (χ3n) is 3.03. The van der Waals surface area contributed by atoms with Gasteiger partial charge in [-0.3, -0.25) is 0 Å². The number of methoxy groups -OCH3 is 1. The molecule has 0 aliphatic rings. The highest BCUT2D eigenvalue weighted by molar-refractivity contribution is 7.99. The third-order valence-corrected chi connectivity index (χ3v) is 4.10. The normalized spacial score (nSPS) is 10.8. The molecule has 0 amide bonds. The highest BCUT2D eigenvalue weighted by atomic mass is 32.2. The molecule has 1 heterocycles. The van der Waals surface area contributed by atoms with Crippen molar-refractivity contribution in [2.45, 2.75) is 30.4 Å². The van der Waals surface area contributed by atoms with E-state index < -0.39 is 0 Å². The van der Waals surface area contributed by atoms with Crippen LogP contribution >= 0.6 is 11.8 Å². The van der Waals surface area contributed by atoms with Gasteiger partial charge in [-0.05, 0) is 37.2 Å². The number of hydrogen-bond acceptors (Lipinski definition) is 5. The van der Waals surface area contributed by atoms with E-state index in [2.05, 4.69) is 47.3 Å².